The molecule has 0 radical (unpaired) electrons. The second kappa shape index (κ2) is 10.1. The second-order valence-corrected chi connectivity index (χ2v) is 7.60. The number of halogens is 2. The van der Waals surface area contributed by atoms with Crippen molar-refractivity contribution in [2.45, 2.75) is 31.5 Å². The molecule has 2 N–H and O–H groups in total. The largest absolute Gasteiger partial charge is 0.493 e. The number of hydrogen-bond acceptors (Lipinski definition) is 5. The van der Waals surface area contributed by atoms with Crippen LogP contribution < -0.4 is 10.1 Å². The lowest BCUT2D eigenvalue weighted by atomic mass is 9.92. The minimum absolute atomic E-state index is 0. The molecule has 3 heterocycles. The van der Waals surface area contributed by atoms with E-state index in [-0.39, 0.29) is 30.9 Å². The highest BCUT2D eigenvalue weighted by atomic mass is 35.5. The number of β-amino-alcohol motifs (C(OH)–C–C–N with tert-alkyl or cyclic N) is 1. The van der Waals surface area contributed by atoms with E-state index in [0.717, 1.165) is 51.1 Å². The molecule has 2 atom stereocenters. The van der Waals surface area contributed by atoms with Gasteiger partial charge in [0, 0.05) is 57.8 Å². The summed E-state index contributed by atoms with van der Waals surface area (Å²) in [4.78, 5) is 4.90. The Labute approximate surface area is 168 Å². The lowest BCUT2D eigenvalue weighted by molar-refractivity contribution is -0.00290. The zero-order valence-electron chi connectivity index (χ0n) is 15.2. The minimum Gasteiger partial charge on any atom is -0.493 e. The van der Waals surface area contributed by atoms with Gasteiger partial charge in [0.25, 0.3) is 0 Å². The van der Waals surface area contributed by atoms with Crippen LogP contribution in [0.1, 0.15) is 18.4 Å². The SMILES string of the molecule is Cl.Cl.OC1CN(Cc2cccc(OCC3CCC4CNCCN4C3)c2)C1. The molecular weight excluding hydrogens is 373 g/mol. The summed E-state index contributed by atoms with van der Waals surface area (Å²) in [6.45, 7) is 7.94. The Balaban J connectivity index is 0.00000121. The van der Waals surface area contributed by atoms with Gasteiger partial charge in [0.2, 0.25) is 0 Å². The molecule has 5 nitrogen and oxygen atoms in total. The Morgan fingerprint density at radius 1 is 1.15 bits per heavy atom. The summed E-state index contributed by atoms with van der Waals surface area (Å²) in [6, 6.07) is 9.18. The molecule has 7 heteroatoms. The van der Waals surface area contributed by atoms with Crippen molar-refractivity contribution in [2.24, 2.45) is 5.92 Å². The van der Waals surface area contributed by atoms with Crippen LogP contribution >= 0.6 is 24.8 Å². The Hall–Kier alpha value is -0.560. The van der Waals surface area contributed by atoms with E-state index in [1.165, 1.54) is 31.5 Å². The van der Waals surface area contributed by atoms with E-state index in [0.29, 0.717) is 5.92 Å². The van der Waals surface area contributed by atoms with Crippen LogP contribution in [0.2, 0.25) is 0 Å². The number of ether oxygens (including phenoxy) is 1. The van der Waals surface area contributed by atoms with Gasteiger partial charge in [-0.15, -0.1) is 24.8 Å². The molecule has 0 bridgehead atoms. The first-order valence-corrected chi connectivity index (χ1v) is 9.33. The van der Waals surface area contributed by atoms with Gasteiger partial charge in [-0.1, -0.05) is 12.1 Å². The monoisotopic (exact) mass is 403 g/mol. The van der Waals surface area contributed by atoms with E-state index in [1.54, 1.807) is 0 Å². The van der Waals surface area contributed by atoms with Crippen molar-refractivity contribution in [3.63, 3.8) is 0 Å². The average Bonchev–Trinajstić information content (AvgIpc) is 2.59. The van der Waals surface area contributed by atoms with Gasteiger partial charge in [0.15, 0.2) is 0 Å². The van der Waals surface area contributed by atoms with E-state index in [4.69, 9.17) is 4.74 Å². The molecule has 0 aromatic heterocycles. The predicted octanol–water partition coefficient (Wildman–Crippen LogP) is 1.77. The van der Waals surface area contributed by atoms with E-state index < -0.39 is 0 Å². The van der Waals surface area contributed by atoms with Crippen LogP contribution in [0, 0.1) is 5.92 Å². The number of nitrogens with one attached hydrogen (secondary N) is 1. The van der Waals surface area contributed by atoms with Gasteiger partial charge in [0.1, 0.15) is 5.75 Å². The molecule has 2 unspecified atom stereocenters. The van der Waals surface area contributed by atoms with Gasteiger partial charge in [-0.05, 0) is 30.5 Å². The average molecular weight is 404 g/mol. The van der Waals surface area contributed by atoms with E-state index >= 15 is 0 Å². The molecule has 1 aromatic rings. The number of fused-ring (bicyclic) bond motifs is 1. The van der Waals surface area contributed by atoms with Crippen LogP contribution in [-0.2, 0) is 6.54 Å². The highest BCUT2D eigenvalue weighted by Crippen LogP contribution is 2.24. The number of piperidine rings is 1. The number of nitrogens with zero attached hydrogens (tertiary/aromatic N) is 2. The van der Waals surface area contributed by atoms with Gasteiger partial charge in [-0.25, -0.2) is 0 Å². The van der Waals surface area contributed by atoms with Crippen LogP contribution in [0.4, 0.5) is 0 Å². The lowest BCUT2D eigenvalue weighted by Gasteiger charge is -2.42. The maximum absolute atomic E-state index is 9.39. The Kier molecular flexibility index (Phi) is 8.45. The molecule has 1 aromatic carbocycles. The van der Waals surface area contributed by atoms with Crippen LogP contribution in [0.3, 0.4) is 0 Å². The smallest absolute Gasteiger partial charge is 0.119 e. The number of hydrogen-bond donors (Lipinski definition) is 2. The zero-order valence-corrected chi connectivity index (χ0v) is 16.8. The van der Waals surface area contributed by atoms with Crippen molar-refractivity contribution >= 4 is 24.8 Å². The maximum Gasteiger partial charge on any atom is 0.119 e. The summed E-state index contributed by atoms with van der Waals surface area (Å²) in [5, 5.41) is 12.9. The van der Waals surface area contributed by atoms with Crippen molar-refractivity contribution in [3.8, 4) is 5.75 Å². The van der Waals surface area contributed by atoms with Gasteiger partial charge in [0.05, 0.1) is 12.7 Å². The fraction of sp³-hybridized carbons (Fsp3) is 0.684. The van der Waals surface area contributed by atoms with E-state index in [2.05, 4.69) is 39.4 Å². The summed E-state index contributed by atoms with van der Waals surface area (Å²) in [6.07, 6.45) is 2.43. The second-order valence-electron chi connectivity index (χ2n) is 7.60. The van der Waals surface area contributed by atoms with Crippen molar-refractivity contribution in [3.05, 3.63) is 29.8 Å². The lowest BCUT2D eigenvalue weighted by Crippen LogP contribution is -2.55. The normalized spacial score (nSPS) is 26.8. The fourth-order valence-electron chi connectivity index (χ4n) is 4.19. The van der Waals surface area contributed by atoms with Gasteiger partial charge < -0.3 is 15.2 Å². The molecule has 3 aliphatic heterocycles. The topological polar surface area (TPSA) is 48.0 Å². The fourth-order valence-corrected chi connectivity index (χ4v) is 4.19. The maximum atomic E-state index is 9.39. The Morgan fingerprint density at radius 2 is 2.00 bits per heavy atom. The molecule has 3 saturated heterocycles. The summed E-state index contributed by atoms with van der Waals surface area (Å²) in [5.74, 6) is 1.63. The minimum atomic E-state index is -0.135. The molecule has 148 valence electrons. The molecule has 0 amide bonds. The van der Waals surface area contributed by atoms with Gasteiger partial charge in [-0.2, -0.15) is 0 Å². The Bertz CT molecular complexity index is 557. The Morgan fingerprint density at radius 3 is 2.81 bits per heavy atom. The highest BCUT2D eigenvalue weighted by Gasteiger charge is 2.30. The first-order valence-electron chi connectivity index (χ1n) is 9.33. The molecule has 0 spiro atoms. The molecule has 0 aliphatic carbocycles. The van der Waals surface area contributed by atoms with Crippen molar-refractivity contribution in [1.29, 1.82) is 0 Å². The van der Waals surface area contributed by atoms with Gasteiger partial charge in [-0.3, -0.25) is 9.80 Å². The van der Waals surface area contributed by atoms with Crippen LogP contribution in [0.5, 0.6) is 5.75 Å². The molecule has 3 aliphatic rings. The molecule has 3 fully saturated rings. The number of benzene rings is 1. The third-order valence-corrected chi connectivity index (χ3v) is 5.60. The van der Waals surface area contributed by atoms with Crippen molar-refractivity contribution < 1.29 is 9.84 Å². The molecular formula is C19H31Cl2N3O2. The summed E-state index contributed by atoms with van der Waals surface area (Å²) in [7, 11) is 0. The number of likely N-dealkylation sites (tertiary alicyclic amines) is 1. The first kappa shape index (κ1) is 21.7. The quantitative estimate of drug-likeness (QED) is 0.784. The van der Waals surface area contributed by atoms with E-state index in [9.17, 15) is 5.11 Å². The standard InChI is InChI=1S/C19H29N3O2.2ClH/c23-18-12-21(13-18)10-15-2-1-3-19(8-15)24-14-16-4-5-17-9-20-6-7-22(17)11-16;;/h1-3,8,16-18,20,23H,4-7,9-14H2;2*1H. The molecule has 26 heavy (non-hydrogen) atoms. The summed E-state index contributed by atoms with van der Waals surface area (Å²) >= 11 is 0. The van der Waals surface area contributed by atoms with Crippen LogP contribution in [0.25, 0.3) is 0 Å². The van der Waals surface area contributed by atoms with Crippen molar-refractivity contribution in [1.82, 2.24) is 15.1 Å². The summed E-state index contributed by atoms with van der Waals surface area (Å²) in [5.41, 5.74) is 1.27. The zero-order chi connectivity index (χ0) is 16.4. The molecule has 4 rings (SSSR count). The predicted molar refractivity (Wildman–Crippen MR) is 109 cm³/mol. The number of rotatable bonds is 5. The summed E-state index contributed by atoms with van der Waals surface area (Å²) < 4.78 is 6.11. The third-order valence-electron chi connectivity index (χ3n) is 5.60. The molecule has 0 saturated carbocycles. The first-order chi connectivity index (χ1) is 11.8. The van der Waals surface area contributed by atoms with Gasteiger partial charge >= 0.3 is 0 Å². The number of aliphatic hydroxyl groups is 1. The highest BCUT2D eigenvalue weighted by molar-refractivity contribution is 5.85. The number of aliphatic hydroxyl groups excluding tert-OH is 1. The van der Waals surface area contributed by atoms with Crippen LogP contribution in [0.15, 0.2) is 24.3 Å². The van der Waals surface area contributed by atoms with E-state index in [1.807, 2.05) is 0 Å². The third kappa shape index (κ3) is 5.47. The van der Waals surface area contributed by atoms with Crippen LogP contribution in [-0.4, -0.2) is 72.9 Å². The number of piperazine rings is 1. The van der Waals surface area contributed by atoms with Crippen molar-refractivity contribution in [2.75, 3.05) is 45.9 Å².